The summed E-state index contributed by atoms with van der Waals surface area (Å²) in [6.07, 6.45) is 7.68. The summed E-state index contributed by atoms with van der Waals surface area (Å²) < 4.78 is 7.55. The van der Waals surface area contributed by atoms with Gasteiger partial charge in [0.15, 0.2) is 0 Å². The van der Waals surface area contributed by atoms with Gasteiger partial charge in [-0.15, -0.1) is 0 Å². The van der Waals surface area contributed by atoms with Gasteiger partial charge in [-0.2, -0.15) is 5.10 Å². The number of hydrogen-bond acceptors (Lipinski definition) is 6. The first-order valence-electron chi connectivity index (χ1n) is 13.9. The average molecular weight is 523 g/mol. The number of fused-ring (bicyclic) bond motifs is 1. The lowest BCUT2D eigenvalue weighted by molar-refractivity contribution is -0.162. The smallest absolute Gasteiger partial charge is 0.309 e. The molecule has 2 aliphatic heterocycles. The van der Waals surface area contributed by atoms with Gasteiger partial charge in [-0.25, -0.2) is 0 Å². The topological polar surface area (TPSA) is 111 Å². The molecule has 204 valence electrons. The Morgan fingerprint density at radius 2 is 1.68 bits per heavy atom. The molecular formula is C29H38N4O5. The van der Waals surface area contributed by atoms with Crippen LogP contribution in [0.4, 0.5) is 0 Å². The van der Waals surface area contributed by atoms with Crippen molar-refractivity contribution in [2.45, 2.75) is 89.7 Å². The first-order chi connectivity index (χ1) is 18.1. The fourth-order valence-electron chi connectivity index (χ4n) is 6.04. The van der Waals surface area contributed by atoms with Crippen molar-refractivity contribution in [3.63, 3.8) is 0 Å². The number of ether oxygens (including phenoxy) is 1. The summed E-state index contributed by atoms with van der Waals surface area (Å²) in [5.74, 6) is -0.792. The molecule has 1 N–H and O–H groups in total. The molecule has 3 heterocycles. The van der Waals surface area contributed by atoms with Gasteiger partial charge in [0.1, 0.15) is 5.60 Å². The van der Waals surface area contributed by atoms with E-state index in [9.17, 15) is 19.2 Å². The van der Waals surface area contributed by atoms with Gasteiger partial charge in [-0.1, -0.05) is 6.07 Å². The zero-order valence-electron chi connectivity index (χ0n) is 22.6. The summed E-state index contributed by atoms with van der Waals surface area (Å²) in [5, 5.41) is 8.21. The molecule has 2 saturated heterocycles. The zero-order valence-corrected chi connectivity index (χ0v) is 22.6. The van der Waals surface area contributed by atoms with Gasteiger partial charge in [-0.3, -0.25) is 29.2 Å². The molecule has 2 aromatic rings. The quantitative estimate of drug-likeness (QED) is 0.482. The van der Waals surface area contributed by atoms with Crippen LogP contribution in [-0.2, 0) is 23.9 Å². The highest BCUT2D eigenvalue weighted by Crippen LogP contribution is 2.35. The number of likely N-dealkylation sites (tertiary alicyclic amines) is 1. The largest absolute Gasteiger partial charge is 0.460 e. The minimum absolute atomic E-state index is 0.0217. The van der Waals surface area contributed by atoms with Gasteiger partial charge in [0.2, 0.25) is 17.7 Å². The number of carbonyl (C=O) groups excluding carboxylic acids is 4. The molecule has 3 aliphatic rings. The minimum Gasteiger partial charge on any atom is -0.460 e. The number of imide groups is 1. The molecule has 38 heavy (non-hydrogen) atoms. The third kappa shape index (κ3) is 5.76. The van der Waals surface area contributed by atoms with Crippen molar-refractivity contribution in [2.24, 2.45) is 11.8 Å². The molecule has 3 amide bonds. The van der Waals surface area contributed by atoms with Gasteiger partial charge in [0, 0.05) is 37.0 Å². The molecule has 0 spiro atoms. The normalized spacial score (nSPS) is 25.3. The number of esters is 1. The summed E-state index contributed by atoms with van der Waals surface area (Å²) >= 11 is 0. The molecule has 1 aromatic carbocycles. The maximum atomic E-state index is 13.2. The van der Waals surface area contributed by atoms with Gasteiger partial charge in [0.05, 0.1) is 23.4 Å². The third-order valence-electron chi connectivity index (χ3n) is 8.15. The molecule has 3 fully saturated rings. The van der Waals surface area contributed by atoms with Gasteiger partial charge >= 0.3 is 5.97 Å². The Labute approximate surface area is 223 Å². The lowest BCUT2D eigenvalue weighted by Crippen LogP contribution is -2.44. The molecule has 1 atom stereocenters. The molecule has 9 heteroatoms. The number of carbonyl (C=O) groups is 4. The highest BCUT2D eigenvalue weighted by atomic mass is 16.6. The molecule has 1 unspecified atom stereocenters. The van der Waals surface area contributed by atoms with Gasteiger partial charge in [0.25, 0.3) is 0 Å². The number of aromatic nitrogens is 2. The summed E-state index contributed by atoms with van der Waals surface area (Å²) in [6, 6.07) is 6.13. The molecule has 1 saturated carbocycles. The number of nitrogens with zero attached hydrogens (tertiary/aromatic N) is 3. The Morgan fingerprint density at radius 3 is 2.34 bits per heavy atom. The standard InChI is InChI=1S/C29H38N4O5/c1-29(2,3)38-28(37)19-12-14-32(15-13-19)27(36)18-4-7-22(8-5-18)33-17-21-16-20(6-10-24(21)31-33)23-9-11-25(34)30-26(23)35/h6,10,16-19,22-23H,4-5,7-9,11-15H2,1-3H3,(H,30,34,35). The van der Waals surface area contributed by atoms with Crippen LogP contribution in [0.25, 0.3) is 10.9 Å². The van der Waals surface area contributed by atoms with E-state index < -0.39 is 5.60 Å². The van der Waals surface area contributed by atoms with Crippen LogP contribution < -0.4 is 5.32 Å². The average Bonchev–Trinajstić information content (AvgIpc) is 3.31. The van der Waals surface area contributed by atoms with Crippen molar-refractivity contribution >= 4 is 34.6 Å². The fraction of sp³-hybridized carbons (Fsp3) is 0.621. The summed E-state index contributed by atoms with van der Waals surface area (Å²) in [6.45, 7) is 6.87. The van der Waals surface area contributed by atoms with E-state index in [0.717, 1.165) is 42.1 Å². The Morgan fingerprint density at radius 1 is 0.974 bits per heavy atom. The number of rotatable bonds is 4. The van der Waals surface area contributed by atoms with E-state index in [1.54, 1.807) is 0 Å². The molecule has 5 rings (SSSR count). The van der Waals surface area contributed by atoms with Gasteiger partial charge < -0.3 is 9.64 Å². The van der Waals surface area contributed by atoms with Crippen molar-refractivity contribution in [1.29, 1.82) is 0 Å². The monoisotopic (exact) mass is 522 g/mol. The summed E-state index contributed by atoms with van der Waals surface area (Å²) in [7, 11) is 0. The highest BCUT2D eigenvalue weighted by Gasteiger charge is 2.35. The summed E-state index contributed by atoms with van der Waals surface area (Å²) in [4.78, 5) is 51.3. The van der Waals surface area contributed by atoms with Crippen LogP contribution in [0, 0.1) is 11.8 Å². The number of piperidine rings is 2. The summed E-state index contributed by atoms with van der Waals surface area (Å²) in [5.41, 5.74) is 1.30. The molecular weight excluding hydrogens is 484 g/mol. The van der Waals surface area contributed by atoms with Crippen LogP contribution in [0.1, 0.15) is 89.7 Å². The fourth-order valence-corrected chi connectivity index (χ4v) is 6.04. The number of hydrogen-bond donors (Lipinski definition) is 1. The number of nitrogens with one attached hydrogen (secondary N) is 1. The lowest BCUT2D eigenvalue weighted by atomic mass is 9.84. The molecule has 0 bridgehead atoms. The maximum absolute atomic E-state index is 13.2. The van der Waals surface area contributed by atoms with Crippen LogP contribution in [0.5, 0.6) is 0 Å². The van der Waals surface area contributed by atoms with Crippen LogP contribution in [0.2, 0.25) is 0 Å². The second-order valence-corrected chi connectivity index (χ2v) is 12.1. The lowest BCUT2D eigenvalue weighted by Gasteiger charge is -2.36. The first kappa shape index (κ1) is 26.4. The van der Waals surface area contributed by atoms with Crippen molar-refractivity contribution in [1.82, 2.24) is 20.0 Å². The van der Waals surface area contributed by atoms with E-state index in [1.807, 2.05) is 54.7 Å². The SMILES string of the molecule is CC(C)(C)OC(=O)C1CCN(C(=O)C2CCC(n3cc4cc(C5CCC(=O)NC5=O)ccc4n3)CC2)CC1. The van der Waals surface area contributed by atoms with E-state index in [4.69, 9.17) is 9.84 Å². The van der Waals surface area contributed by atoms with Crippen LogP contribution in [-0.4, -0.2) is 57.1 Å². The predicted molar refractivity (Wildman–Crippen MR) is 141 cm³/mol. The predicted octanol–water partition coefficient (Wildman–Crippen LogP) is 3.87. The van der Waals surface area contributed by atoms with Gasteiger partial charge in [-0.05, 0) is 83.4 Å². The molecule has 0 radical (unpaired) electrons. The Bertz CT molecular complexity index is 1230. The van der Waals surface area contributed by atoms with E-state index in [-0.39, 0.29) is 47.5 Å². The van der Waals surface area contributed by atoms with Crippen molar-refractivity contribution < 1.29 is 23.9 Å². The molecule has 9 nitrogen and oxygen atoms in total. The number of amides is 3. The first-order valence-corrected chi connectivity index (χ1v) is 13.9. The van der Waals surface area contributed by atoms with Crippen molar-refractivity contribution in [2.75, 3.05) is 13.1 Å². The van der Waals surface area contributed by atoms with E-state index in [1.165, 1.54) is 0 Å². The molecule has 1 aromatic heterocycles. The Kier molecular flexibility index (Phi) is 7.29. The zero-order chi connectivity index (χ0) is 27.0. The number of benzene rings is 1. The van der Waals surface area contributed by atoms with E-state index in [0.29, 0.717) is 38.8 Å². The van der Waals surface area contributed by atoms with Crippen LogP contribution in [0.15, 0.2) is 24.4 Å². The van der Waals surface area contributed by atoms with Crippen LogP contribution >= 0.6 is 0 Å². The highest BCUT2D eigenvalue weighted by molar-refractivity contribution is 6.01. The van der Waals surface area contributed by atoms with E-state index in [2.05, 4.69) is 5.32 Å². The van der Waals surface area contributed by atoms with Crippen LogP contribution in [0.3, 0.4) is 0 Å². The Balaban J connectivity index is 1.15. The van der Waals surface area contributed by atoms with Crippen molar-refractivity contribution in [3.05, 3.63) is 30.0 Å². The minimum atomic E-state index is -0.487. The second kappa shape index (κ2) is 10.5. The van der Waals surface area contributed by atoms with E-state index >= 15 is 0 Å². The second-order valence-electron chi connectivity index (χ2n) is 12.1. The Hall–Kier alpha value is -3.23. The molecule has 1 aliphatic carbocycles. The maximum Gasteiger partial charge on any atom is 0.309 e. The third-order valence-corrected chi connectivity index (χ3v) is 8.15. The van der Waals surface area contributed by atoms with Crippen molar-refractivity contribution in [3.8, 4) is 0 Å².